The van der Waals surface area contributed by atoms with Gasteiger partial charge >= 0.3 is 5.97 Å². The Labute approximate surface area is 132 Å². The van der Waals surface area contributed by atoms with Gasteiger partial charge in [-0.3, -0.25) is 9.59 Å². The normalized spacial score (nSPS) is 16.3. The van der Waals surface area contributed by atoms with E-state index in [0.29, 0.717) is 29.0 Å². The van der Waals surface area contributed by atoms with Gasteiger partial charge in [-0.05, 0) is 60.4 Å². The van der Waals surface area contributed by atoms with E-state index in [0.717, 1.165) is 5.56 Å². The number of halogens is 1. The third-order valence-corrected chi connectivity index (χ3v) is 4.24. The van der Waals surface area contributed by atoms with Crippen LogP contribution in [-0.2, 0) is 11.2 Å². The SMILES string of the molecule is O=C(c1ccc(Cl)cc1)c1cc2c(cc1O)C(C(=O)O)CC2. The number of ketones is 1. The fraction of sp³-hybridized carbons (Fsp3) is 0.176. The molecule has 112 valence electrons. The molecule has 2 aromatic carbocycles. The highest BCUT2D eigenvalue weighted by Gasteiger charge is 2.30. The highest BCUT2D eigenvalue weighted by molar-refractivity contribution is 6.30. The van der Waals surface area contributed by atoms with E-state index in [-0.39, 0.29) is 17.1 Å². The molecule has 0 aliphatic heterocycles. The van der Waals surface area contributed by atoms with E-state index in [1.165, 1.54) is 6.07 Å². The summed E-state index contributed by atoms with van der Waals surface area (Å²) in [6.45, 7) is 0. The summed E-state index contributed by atoms with van der Waals surface area (Å²) in [6.07, 6.45) is 1.08. The lowest BCUT2D eigenvalue weighted by Crippen LogP contribution is -2.08. The number of carboxylic acid groups (broad SMARTS) is 1. The number of hydrogen-bond acceptors (Lipinski definition) is 3. The first-order chi connectivity index (χ1) is 10.5. The van der Waals surface area contributed by atoms with Gasteiger partial charge in [-0.1, -0.05) is 11.6 Å². The van der Waals surface area contributed by atoms with Crippen molar-refractivity contribution in [2.24, 2.45) is 0 Å². The van der Waals surface area contributed by atoms with Gasteiger partial charge in [0.15, 0.2) is 5.78 Å². The zero-order valence-corrected chi connectivity index (χ0v) is 12.3. The molecule has 1 unspecified atom stereocenters. The Balaban J connectivity index is 2.01. The molecule has 5 heteroatoms. The molecule has 3 rings (SSSR count). The van der Waals surface area contributed by atoms with Crippen molar-refractivity contribution in [3.63, 3.8) is 0 Å². The summed E-state index contributed by atoms with van der Waals surface area (Å²) in [5.74, 6) is -2.02. The predicted molar refractivity (Wildman–Crippen MR) is 81.7 cm³/mol. The summed E-state index contributed by atoms with van der Waals surface area (Å²) in [7, 11) is 0. The lowest BCUT2D eigenvalue weighted by Gasteiger charge is -2.10. The first-order valence-electron chi connectivity index (χ1n) is 6.86. The summed E-state index contributed by atoms with van der Waals surface area (Å²) in [4.78, 5) is 23.7. The number of aromatic hydroxyl groups is 1. The third-order valence-electron chi connectivity index (χ3n) is 3.98. The molecule has 0 fully saturated rings. The van der Waals surface area contributed by atoms with Gasteiger partial charge in [0.05, 0.1) is 11.5 Å². The van der Waals surface area contributed by atoms with E-state index in [4.69, 9.17) is 11.6 Å². The molecule has 0 radical (unpaired) electrons. The number of carboxylic acids is 1. The molecule has 1 aliphatic carbocycles. The molecule has 4 nitrogen and oxygen atoms in total. The van der Waals surface area contributed by atoms with Crippen molar-refractivity contribution >= 4 is 23.4 Å². The van der Waals surface area contributed by atoms with Crippen LogP contribution in [-0.4, -0.2) is 22.0 Å². The van der Waals surface area contributed by atoms with Crippen LogP contribution in [0, 0.1) is 0 Å². The molecular weight excluding hydrogens is 304 g/mol. The maximum atomic E-state index is 12.5. The molecule has 0 spiro atoms. The predicted octanol–water partition coefficient (Wildman–Crippen LogP) is 3.39. The van der Waals surface area contributed by atoms with Gasteiger partial charge in [-0.15, -0.1) is 0 Å². The quantitative estimate of drug-likeness (QED) is 0.851. The minimum atomic E-state index is -0.907. The average Bonchev–Trinajstić information content (AvgIpc) is 2.89. The number of aliphatic carboxylic acids is 1. The van der Waals surface area contributed by atoms with E-state index >= 15 is 0 Å². The van der Waals surface area contributed by atoms with Crippen LogP contribution in [0.3, 0.4) is 0 Å². The summed E-state index contributed by atoms with van der Waals surface area (Å²) < 4.78 is 0. The Bertz CT molecular complexity index is 765. The van der Waals surface area contributed by atoms with Crippen LogP contribution in [0.15, 0.2) is 36.4 Å². The molecule has 2 N–H and O–H groups in total. The third kappa shape index (κ3) is 2.46. The average molecular weight is 317 g/mol. The van der Waals surface area contributed by atoms with Gasteiger partial charge in [0.1, 0.15) is 5.75 Å². The van der Waals surface area contributed by atoms with Crippen LogP contribution in [0.2, 0.25) is 5.02 Å². The summed E-state index contributed by atoms with van der Waals surface area (Å²) >= 11 is 5.80. The zero-order chi connectivity index (χ0) is 15.9. The Morgan fingerprint density at radius 1 is 1.14 bits per heavy atom. The maximum absolute atomic E-state index is 12.5. The fourth-order valence-corrected chi connectivity index (χ4v) is 2.97. The molecular formula is C17H13ClO4. The molecule has 22 heavy (non-hydrogen) atoms. The van der Waals surface area contributed by atoms with Gasteiger partial charge in [0.2, 0.25) is 0 Å². The number of rotatable bonds is 3. The number of carbonyl (C=O) groups excluding carboxylic acids is 1. The molecule has 0 heterocycles. The summed E-state index contributed by atoms with van der Waals surface area (Å²) in [5, 5.41) is 19.8. The summed E-state index contributed by atoms with van der Waals surface area (Å²) in [6, 6.07) is 9.42. The molecule has 1 atom stereocenters. The first-order valence-corrected chi connectivity index (χ1v) is 7.24. The number of carbonyl (C=O) groups is 2. The van der Waals surface area contributed by atoms with Crippen LogP contribution < -0.4 is 0 Å². The monoisotopic (exact) mass is 316 g/mol. The van der Waals surface area contributed by atoms with Crippen LogP contribution in [0.5, 0.6) is 5.75 Å². The van der Waals surface area contributed by atoms with Gasteiger partial charge in [0.25, 0.3) is 0 Å². The lowest BCUT2D eigenvalue weighted by molar-refractivity contribution is -0.138. The molecule has 2 aromatic rings. The van der Waals surface area contributed by atoms with Crippen LogP contribution in [0.25, 0.3) is 0 Å². The van der Waals surface area contributed by atoms with Crippen molar-refractivity contribution in [1.29, 1.82) is 0 Å². The Morgan fingerprint density at radius 2 is 1.82 bits per heavy atom. The fourth-order valence-electron chi connectivity index (χ4n) is 2.84. The van der Waals surface area contributed by atoms with E-state index in [2.05, 4.69) is 0 Å². The Morgan fingerprint density at radius 3 is 2.45 bits per heavy atom. The van der Waals surface area contributed by atoms with Crippen molar-refractivity contribution in [2.45, 2.75) is 18.8 Å². The Kier molecular flexibility index (Phi) is 3.62. The second-order valence-corrected chi connectivity index (χ2v) is 5.77. The smallest absolute Gasteiger partial charge is 0.310 e. The van der Waals surface area contributed by atoms with E-state index in [1.54, 1.807) is 30.3 Å². The van der Waals surface area contributed by atoms with Crippen LogP contribution in [0.4, 0.5) is 0 Å². The molecule has 0 bridgehead atoms. The second kappa shape index (κ2) is 5.46. The van der Waals surface area contributed by atoms with Crippen LogP contribution >= 0.6 is 11.6 Å². The molecule has 0 aromatic heterocycles. The summed E-state index contributed by atoms with van der Waals surface area (Å²) in [5.41, 5.74) is 2.01. The number of aryl methyl sites for hydroxylation is 1. The first kappa shape index (κ1) is 14.6. The topological polar surface area (TPSA) is 74.6 Å². The van der Waals surface area contributed by atoms with Gasteiger partial charge in [-0.25, -0.2) is 0 Å². The number of phenolic OH excluding ortho intramolecular Hbond substituents is 1. The minimum absolute atomic E-state index is 0.187. The largest absolute Gasteiger partial charge is 0.507 e. The highest BCUT2D eigenvalue weighted by Crippen LogP contribution is 2.37. The highest BCUT2D eigenvalue weighted by atomic mass is 35.5. The number of hydrogen-bond donors (Lipinski definition) is 2. The van der Waals surface area contributed by atoms with Crippen molar-refractivity contribution in [3.05, 3.63) is 63.7 Å². The van der Waals surface area contributed by atoms with E-state index in [1.807, 2.05) is 0 Å². The van der Waals surface area contributed by atoms with Crippen molar-refractivity contribution < 1.29 is 19.8 Å². The van der Waals surface area contributed by atoms with Crippen molar-refractivity contribution in [2.75, 3.05) is 0 Å². The zero-order valence-electron chi connectivity index (χ0n) is 11.5. The van der Waals surface area contributed by atoms with E-state index < -0.39 is 11.9 Å². The van der Waals surface area contributed by atoms with Crippen molar-refractivity contribution in [3.8, 4) is 5.75 Å². The standard InChI is InChI=1S/C17H13ClO4/c18-11-4-1-9(2-5-11)16(20)14-7-10-3-6-12(17(21)22)13(10)8-15(14)19/h1-2,4-5,7-8,12,19H,3,6H2,(H,21,22). The minimum Gasteiger partial charge on any atom is -0.507 e. The van der Waals surface area contributed by atoms with Gasteiger partial charge < -0.3 is 10.2 Å². The number of fused-ring (bicyclic) bond motifs is 1. The van der Waals surface area contributed by atoms with Gasteiger partial charge in [0, 0.05) is 10.6 Å². The lowest BCUT2D eigenvalue weighted by atomic mass is 9.95. The van der Waals surface area contributed by atoms with Crippen LogP contribution in [0.1, 0.15) is 39.4 Å². The Hall–Kier alpha value is -2.33. The van der Waals surface area contributed by atoms with E-state index in [9.17, 15) is 19.8 Å². The molecule has 0 saturated heterocycles. The molecule has 0 saturated carbocycles. The molecule has 0 amide bonds. The maximum Gasteiger partial charge on any atom is 0.310 e. The molecule has 1 aliphatic rings. The number of benzene rings is 2. The van der Waals surface area contributed by atoms with Gasteiger partial charge in [-0.2, -0.15) is 0 Å². The second-order valence-electron chi connectivity index (χ2n) is 5.33. The van der Waals surface area contributed by atoms with Crippen molar-refractivity contribution in [1.82, 2.24) is 0 Å². The number of phenols is 1.